The Hall–Kier alpha value is -1.62. The van der Waals surface area contributed by atoms with Crippen molar-refractivity contribution in [1.29, 1.82) is 0 Å². The molecule has 6 heteroatoms. The summed E-state index contributed by atoms with van der Waals surface area (Å²) in [4.78, 5) is 15.7. The highest BCUT2D eigenvalue weighted by Gasteiger charge is 2.27. The van der Waals surface area contributed by atoms with Gasteiger partial charge in [-0.15, -0.1) is 11.6 Å². The van der Waals surface area contributed by atoms with Gasteiger partial charge in [0, 0.05) is 19.0 Å². The molecule has 1 N–H and O–H groups in total. The Kier molecular flexibility index (Phi) is 2.93. The summed E-state index contributed by atoms with van der Waals surface area (Å²) in [5, 5.41) is 2.80. The molecule has 1 aromatic heterocycles. The fraction of sp³-hybridized carbons (Fsp3) is 0.385. The molecular formula is C13H13ClFN3O. The Morgan fingerprint density at radius 1 is 1.58 bits per heavy atom. The maximum absolute atomic E-state index is 13.6. The second kappa shape index (κ2) is 4.49. The normalized spacial score (nSPS) is 19.1. The van der Waals surface area contributed by atoms with Gasteiger partial charge in [-0.2, -0.15) is 0 Å². The van der Waals surface area contributed by atoms with E-state index in [-0.39, 0.29) is 23.6 Å². The Morgan fingerprint density at radius 2 is 2.37 bits per heavy atom. The largest absolute Gasteiger partial charge is 0.354 e. The molecule has 2 aromatic rings. The summed E-state index contributed by atoms with van der Waals surface area (Å²) in [7, 11) is 0. The van der Waals surface area contributed by atoms with E-state index >= 15 is 0 Å². The molecule has 0 spiro atoms. The van der Waals surface area contributed by atoms with Crippen LogP contribution in [0.4, 0.5) is 4.39 Å². The first-order chi connectivity index (χ1) is 9.10. The molecule has 4 nitrogen and oxygen atoms in total. The zero-order valence-electron chi connectivity index (χ0n) is 10.4. The van der Waals surface area contributed by atoms with Crippen LogP contribution in [0.3, 0.4) is 0 Å². The first-order valence-electron chi connectivity index (χ1n) is 6.09. The summed E-state index contributed by atoms with van der Waals surface area (Å²) in [6.07, 6.45) is 0.409. The highest BCUT2D eigenvalue weighted by Crippen LogP contribution is 2.28. The van der Waals surface area contributed by atoms with Crippen molar-refractivity contribution in [3.05, 3.63) is 29.3 Å². The van der Waals surface area contributed by atoms with E-state index in [1.54, 1.807) is 13.0 Å². The van der Waals surface area contributed by atoms with Crippen LogP contribution in [0, 0.1) is 12.7 Å². The van der Waals surface area contributed by atoms with Crippen molar-refractivity contribution < 1.29 is 9.18 Å². The predicted molar refractivity (Wildman–Crippen MR) is 70.6 cm³/mol. The second-order valence-electron chi connectivity index (χ2n) is 4.78. The number of halogens is 2. The summed E-state index contributed by atoms with van der Waals surface area (Å²) >= 11 is 5.92. The van der Waals surface area contributed by atoms with Crippen LogP contribution in [0.2, 0.25) is 0 Å². The number of nitrogens with zero attached hydrogens (tertiary/aromatic N) is 2. The number of rotatable bonds is 2. The Bertz CT molecular complexity index is 667. The fourth-order valence-corrected chi connectivity index (χ4v) is 2.73. The fourth-order valence-electron chi connectivity index (χ4n) is 2.54. The van der Waals surface area contributed by atoms with Gasteiger partial charge in [-0.3, -0.25) is 4.79 Å². The molecule has 0 aliphatic carbocycles. The second-order valence-corrected chi connectivity index (χ2v) is 5.05. The third-order valence-electron chi connectivity index (χ3n) is 3.48. The van der Waals surface area contributed by atoms with Gasteiger partial charge in [0.15, 0.2) is 0 Å². The molecule has 19 heavy (non-hydrogen) atoms. The lowest BCUT2D eigenvalue weighted by atomic mass is 10.2. The standard InChI is InChI=1S/C13H13ClFN3O/c1-7-2-11-10(4-9(7)15)17-12(5-14)18(11)8-3-13(19)16-6-8/h2,4,8H,3,5-6H2,1H3,(H,16,19). The lowest BCUT2D eigenvalue weighted by Gasteiger charge is -2.14. The molecule has 1 aliphatic rings. The Labute approximate surface area is 114 Å². The molecule has 1 atom stereocenters. The van der Waals surface area contributed by atoms with Crippen molar-refractivity contribution in [2.24, 2.45) is 0 Å². The number of fused-ring (bicyclic) bond motifs is 1. The maximum Gasteiger partial charge on any atom is 0.222 e. The quantitative estimate of drug-likeness (QED) is 0.859. The Morgan fingerprint density at radius 3 is 3.00 bits per heavy atom. The molecular weight excluding hydrogens is 269 g/mol. The molecule has 2 heterocycles. The smallest absolute Gasteiger partial charge is 0.222 e. The molecule has 3 rings (SSSR count). The van der Waals surface area contributed by atoms with Crippen molar-refractivity contribution in [2.75, 3.05) is 6.54 Å². The van der Waals surface area contributed by atoms with Crippen molar-refractivity contribution in [3.63, 3.8) is 0 Å². The topological polar surface area (TPSA) is 46.9 Å². The summed E-state index contributed by atoms with van der Waals surface area (Å²) in [5.74, 6) is 0.647. The molecule has 1 fully saturated rings. The minimum absolute atomic E-state index is 0.00360. The van der Waals surface area contributed by atoms with E-state index in [0.717, 1.165) is 5.52 Å². The first-order valence-corrected chi connectivity index (χ1v) is 6.63. The van der Waals surface area contributed by atoms with Crippen LogP contribution in [0.15, 0.2) is 12.1 Å². The Balaban J connectivity index is 2.20. The molecule has 0 saturated carbocycles. The molecule has 0 bridgehead atoms. The van der Waals surface area contributed by atoms with E-state index in [4.69, 9.17) is 11.6 Å². The van der Waals surface area contributed by atoms with Crippen LogP contribution in [0.5, 0.6) is 0 Å². The van der Waals surface area contributed by atoms with Gasteiger partial charge in [-0.1, -0.05) is 0 Å². The van der Waals surface area contributed by atoms with Crippen LogP contribution in [-0.4, -0.2) is 22.0 Å². The number of amides is 1. The number of carbonyl (C=O) groups is 1. The SMILES string of the molecule is Cc1cc2c(cc1F)nc(CCl)n2C1CNC(=O)C1. The van der Waals surface area contributed by atoms with Gasteiger partial charge in [0.2, 0.25) is 5.91 Å². The summed E-state index contributed by atoms with van der Waals surface area (Å²) < 4.78 is 15.5. The van der Waals surface area contributed by atoms with Crippen molar-refractivity contribution in [2.45, 2.75) is 25.3 Å². The van der Waals surface area contributed by atoms with Gasteiger partial charge < -0.3 is 9.88 Å². The molecule has 1 saturated heterocycles. The molecule has 100 valence electrons. The number of benzene rings is 1. The van der Waals surface area contributed by atoms with Crippen molar-refractivity contribution in [1.82, 2.24) is 14.9 Å². The average Bonchev–Trinajstić information content (AvgIpc) is 2.93. The average molecular weight is 282 g/mol. The third kappa shape index (κ3) is 1.98. The third-order valence-corrected chi connectivity index (χ3v) is 3.72. The number of carbonyl (C=O) groups excluding carboxylic acids is 1. The van der Waals surface area contributed by atoms with Gasteiger partial charge in [0.1, 0.15) is 11.6 Å². The van der Waals surface area contributed by atoms with E-state index in [0.29, 0.717) is 29.9 Å². The van der Waals surface area contributed by atoms with Crippen molar-refractivity contribution in [3.8, 4) is 0 Å². The van der Waals surface area contributed by atoms with E-state index in [1.807, 2.05) is 4.57 Å². The highest BCUT2D eigenvalue weighted by atomic mass is 35.5. The number of imidazole rings is 1. The van der Waals surface area contributed by atoms with E-state index < -0.39 is 0 Å². The predicted octanol–water partition coefficient (Wildman–Crippen LogP) is 2.28. The van der Waals surface area contributed by atoms with Crippen LogP contribution in [-0.2, 0) is 10.7 Å². The number of alkyl halides is 1. The lowest BCUT2D eigenvalue weighted by Crippen LogP contribution is -2.16. The number of nitrogens with one attached hydrogen (secondary N) is 1. The number of hydrogen-bond donors (Lipinski definition) is 1. The maximum atomic E-state index is 13.6. The van der Waals surface area contributed by atoms with Gasteiger partial charge in [0.25, 0.3) is 0 Å². The number of hydrogen-bond acceptors (Lipinski definition) is 2. The first kappa shape index (κ1) is 12.4. The van der Waals surface area contributed by atoms with Gasteiger partial charge in [0.05, 0.1) is 23.0 Å². The van der Waals surface area contributed by atoms with E-state index in [1.165, 1.54) is 6.07 Å². The van der Waals surface area contributed by atoms with Crippen LogP contribution in [0.1, 0.15) is 23.9 Å². The molecule has 1 aromatic carbocycles. The van der Waals surface area contributed by atoms with Crippen LogP contribution >= 0.6 is 11.6 Å². The zero-order valence-corrected chi connectivity index (χ0v) is 11.2. The lowest BCUT2D eigenvalue weighted by molar-refractivity contribution is -0.119. The van der Waals surface area contributed by atoms with E-state index in [2.05, 4.69) is 10.3 Å². The minimum atomic E-state index is -0.279. The molecule has 1 unspecified atom stereocenters. The highest BCUT2D eigenvalue weighted by molar-refractivity contribution is 6.16. The minimum Gasteiger partial charge on any atom is -0.354 e. The monoisotopic (exact) mass is 281 g/mol. The molecule has 1 amide bonds. The van der Waals surface area contributed by atoms with Gasteiger partial charge in [-0.25, -0.2) is 9.37 Å². The van der Waals surface area contributed by atoms with Gasteiger partial charge in [-0.05, 0) is 18.6 Å². The zero-order chi connectivity index (χ0) is 13.6. The summed E-state index contributed by atoms with van der Waals surface area (Å²) in [5.41, 5.74) is 1.97. The van der Waals surface area contributed by atoms with Crippen LogP contribution < -0.4 is 5.32 Å². The summed E-state index contributed by atoms with van der Waals surface area (Å²) in [6, 6.07) is 3.17. The van der Waals surface area contributed by atoms with E-state index in [9.17, 15) is 9.18 Å². The summed E-state index contributed by atoms with van der Waals surface area (Å²) in [6.45, 7) is 2.27. The van der Waals surface area contributed by atoms with Crippen molar-refractivity contribution >= 4 is 28.5 Å². The molecule has 0 radical (unpaired) electrons. The van der Waals surface area contributed by atoms with Crippen LogP contribution in [0.25, 0.3) is 11.0 Å². The number of aryl methyl sites for hydroxylation is 1. The van der Waals surface area contributed by atoms with Gasteiger partial charge >= 0.3 is 0 Å². The molecule has 1 aliphatic heterocycles. The number of aromatic nitrogens is 2.